The maximum absolute atomic E-state index is 12.3. The minimum Gasteiger partial charge on any atom is -0.494 e. The van der Waals surface area contributed by atoms with Gasteiger partial charge in [0.25, 0.3) is 5.91 Å². The molecular formula is C22H27N3O3. The molecule has 2 aromatic carbocycles. The Hall–Kier alpha value is -3.02. The van der Waals surface area contributed by atoms with Gasteiger partial charge in [-0.25, -0.2) is 4.79 Å². The summed E-state index contributed by atoms with van der Waals surface area (Å²) in [5, 5.41) is 5.73. The molecule has 1 aliphatic heterocycles. The third kappa shape index (κ3) is 5.03. The van der Waals surface area contributed by atoms with Gasteiger partial charge >= 0.3 is 6.03 Å². The zero-order valence-corrected chi connectivity index (χ0v) is 16.5. The smallest absolute Gasteiger partial charge is 0.322 e. The van der Waals surface area contributed by atoms with Crippen LogP contribution in [0.15, 0.2) is 42.5 Å². The average molecular weight is 381 g/mol. The first-order valence-electron chi connectivity index (χ1n) is 9.68. The van der Waals surface area contributed by atoms with Gasteiger partial charge in [-0.05, 0) is 62.6 Å². The normalized spacial score (nSPS) is 13.4. The molecule has 0 aromatic heterocycles. The molecule has 0 bridgehead atoms. The number of amides is 3. The number of rotatable bonds is 8. The standard InChI is InChI=1S/C22H27N3O3/c1-16-5-8-19(9-6-16)28-14-4-3-11-23-21(26)18-7-10-20(17(2)15-18)25-13-12-24-22(25)27/h5-10,15H,3-4,11-14H2,1-2H3,(H,23,26)(H,24,27). The van der Waals surface area contributed by atoms with E-state index in [2.05, 4.69) is 10.6 Å². The van der Waals surface area contributed by atoms with Gasteiger partial charge in [-0.2, -0.15) is 0 Å². The van der Waals surface area contributed by atoms with Crippen LogP contribution in [0.25, 0.3) is 0 Å². The molecular weight excluding hydrogens is 354 g/mol. The van der Waals surface area contributed by atoms with E-state index in [1.165, 1.54) is 5.56 Å². The number of benzene rings is 2. The summed E-state index contributed by atoms with van der Waals surface area (Å²) in [7, 11) is 0. The average Bonchev–Trinajstić information content (AvgIpc) is 3.11. The van der Waals surface area contributed by atoms with E-state index in [4.69, 9.17) is 4.74 Å². The van der Waals surface area contributed by atoms with E-state index in [1.807, 2.05) is 50.2 Å². The van der Waals surface area contributed by atoms with Crippen LogP contribution in [0.5, 0.6) is 5.75 Å². The predicted molar refractivity (Wildman–Crippen MR) is 110 cm³/mol. The lowest BCUT2D eigenvalue weighted by atomic mass is 10.1. The SMILES string of the molecule is Cc1ccc(OCCCCNC(=O)c2ccc(N3CCNC3=O)c(C)c2)cc1. The van der Waals surface area contributed by atoms with Crippen LogP contribution in [-0.4, -0.2) is 38.2 Å². The molecule has 3 rings (SSSR count). The number of anilines is 1. The van der Waals surface area contributed by atoms with Gasteiger partial charge in [0.2, 0.25) is 0 Å². The molecule has 6 heteroatoms. The van der Waals surface area contributed by atoms with Crippen molar-refractivity contribution in [3.8, 4) is 5.75 Å². The van der Waals surface area contributed by atoms with Gasteiger partial charge in [0.1, 0.15) is 5.75 Å². The highest BCUT2D eigenvalue weighted by atomic mass is 16.5. The number of hydrogen-bond donors (Lipinski definition) is 2. The van der Waals surface area contributed by atoms with Crippen LogP contribution in [0.3, 0.4) is 0 Å². The number of carbonyl (C=O) groups is 2. The second kappa shape index (κ2) is 9.26. The second-order valence-electron chi connectivity index (χ2n) is 7.01. The molecule has 3 amide bonds. The van der Waals surface area contributed by atoms with Crippen LogP contribution in [-0.2, 0) is 0 Å². The molecule has 0 atom stereocenters. The molecule has 2 aromatic rings. The Kier molecular flexibility index (Phi) is 6.53. The Bertz CT molecular complexity index is 833. The van der Waals surface area contributed by atoms with E-state index in [-0.39, 0.29) is 11.9 Å². The Morgan fingerprint density at radius 1 is 1.14 bits per heavy atom. The number of nitrogens with one attached hydrogen (secondary N) is 2. The van der Waals surface area contributed by atoms with Gasteiger partial charge in [0.05, 0.1) is 6.61 Å². The van der Waals surface area contributed by atoms with Gasteiger partial charge < -0.3 is 15.4 Å². The minimum absolute atomic E-state index is 0.0897. The lowest BCUT2D eigenvalue weighted by Gasteiger charge is -2.17. The molecule has 0 unspecified atom stereocenters. The Balaban J connectivity index is 1.40. The zero-order chi connectivity index (χ0) is 19.9. The third-order valence-electron chi connectivity index (χ3n) is 4.75. The Morgan fingerprint density at radius 2 is 1.93 bits per heavy atom. The molecule has 28 heavy (non-hydrogen) atoms. The summed E-state index contributed by atoms with van der Waals surface area (Å²) in [6.45, 7) is 6.49. The van der Waals surface area contributed by atoms with Crippen molar-refractivity contribution in [2.45, 2.75) is 26.7 Å². The number of urea groups is 1. The van der Waals surface area contributed by atoms with E-state index in [9.17, 15) is 9.59 Å². The van der Waals surface area contributed by atoms with E-state index >= 15 is 0 Å². The van der Waals surface area contributed by atoms with Crippen molar-refractivity contribution < 1.29 is 14.3 Å². The summed E-state index contributed by atoms with van der Waals surface area (Å²) in [5.41, 5.74) is 3.58. The topological polar surface area (TPSA) is 70.7 Å². The first-order valence-corrected chi connectivity index (χ1v) is 9.68. The fraction of sp³-hybridized carbons (Fsp3) is 0.364. The predicted octanol–water partition coefficient (Wildman–Crippen LogP) is 3.42. The molecule has 0 aliphatic carbocycles. The first-order chi connectivity index (χ1) is 13.5. The lowest BCUT2D eigenvalue weighted by Crippen LogP contribution is -2.29. The molecule has 1 aliphatic rings. The van der Waals surface area contributed by atoms with Crippen LogP contribution in [0, 0.1) is 13.8 Å². The van der Waals surface area contributed by atoms with Crippen LogP contribution in [0.1, 0.15) is 34.3 Å². The van der Waals surface area contributed by atoms with Crippen LogP contribution < -0.4 is 20.3 Å². The van der Waals surface area contributed by atoms with Gasteiger partial charge in [-0.3, -0.25) is 9.69 Å². The number of unbranched alkanes of at least 4 members (excludes halogenated alkanes) is 1. The first kappa shape index (κ1) is 19.7. The summed E-state index contributed by atoms with van der Waals surface area (Å²) in [5.74, 6) is 0.775. The summed E-state index contributed by atoms with van der Waals surface area (Å²) in [6, 6.07) is 13.3. The van der Waals surface area contributed by atoms with Crippen molar-refractivity contribution in [1.82, 2.24) is 10.6 Å². The molecule has 1 heterocycles. The quantitative estimate of drug-likeness (QED) is 0.689. The molecule has 0 radical (unpaired) electrons. The summed E-state index contributed by atoms with van der Waals surface area (Å²) < 4.78 is 5.69. The maximum atomic E-state index is 12.3. The molecule has 0 saturated carbocycles. The second-order valence-corrected chi connectivity index (χ2v) is 7.01. The number of aryl methyl sites for hydroxylation is 2. The third-order valence-corrected chi connectivity index (χ3v) is 4.75. The van der Waals surface area contributed by atoms with Gasteiger partial charge in [0.15, 0.2) is 0 Å². The van der Waals surface area contributed by atoms with Crippen LogP contribution >= 0.6 is 0 Å². The van der Waals surface area contributed by atoms with Crippen molar-refractivity contribution in [3.05, 3.63) is 59.2 Å². The molecule has 6 nitrogen and oxygen atoms in total. The van der Waals surface area contributed by atoms with E-state index in [0.29, 0.717) is 31.8 Å². The molecule has 2 N–H and O–H groups in total. The fourth-order valence-corrected chi connectivity index (χ4v) is 3.16. The van der Waals surface area contributed by atoms with E-state index in [0.717, 1.165) is 29.8 Å². The Labute approximate surface area is 165 Å². The maximum Gasteiger partial charge on any atom is 0.322 e. The fourth-order valence-electron chi connectivity index (χ4n) is 3.16. The highest BCUT2D eigenvalue weighted by Crippen LogP contribution is 2.22. The highest BCUT2D eigenvalue weighted by Gasteiger charge is 2.22. The van der Waals surface area contributed by atoms with Gasteiger partial charge in [0, 0.05) is 30.9 Å². The Morgan fingerprint density at radius 3 is 2.61 bits per heavy atom. The molecule has 1 fully saturated rings. The van der Waals surface area contributed by atoms with Gasteiger partial charge in [-0.1, -0.05) is 17.7 Å². The monoisotopic (exact) mass is 381 g/mol. The number of carbonyl (C=O) groups excluding carboxylic acids is 2. The lowest BCUT2D eigenvalue weighted by molar-refractivity contribution is 0.0952. The van der Waals surface area contributed by atoms with Crippen molar-refractivity contribution >= 4 is 17.6 Å². The minimum atomic E-state index is -0.0972. The van der Waals surface area contributed by atoms with Crippen molar-refractivity contribution in [2.24, 2.45) is 0 Å². The number of nitrogens with zero attached hydrogens (tertiary/aromatic N) is 1. The van der Waals surface area contributed by atoms with E-state index < -0.39 is 0 Å². The van der Waals surface area contributed by atoms with Crippen LogP contribution in [0.2, 0.25) is 0 Å². The summed E-state index contributed by atoms with van der Waals surface area (Å²) in [4.78, 5) is 25.8. The van der Waals surface area contributed by atoms with E-state index in [1.54, 1.807) is 11.0 Å². The number of ether oxygens (including phenoxy) is 1. The van der Waals surface area contributed by atoms with Crippen molar-refractivity contribution in [1.29, 1.82) is 0 Å². The molecule has 0 spiro atoms. The van der Waals surface area contributed by atoms with Crippen LogP contribution in [0.4, 0.5) is 10.5 Å². The van der Waals surface area contributed by atoms with Gasteiger partial charge in [-0.15, -0.1) is 0 Å². The molecule has 148 valence electrons. The largest absolute Gasteiger partial charge is 0.494 e. The summed E-state index contributed by atoms with van der Waals surface area (Å²) in [6.07, 6.45) is 1.72. The van der Waals surface area contributed by atoms with Crippen molar-refractivity contribution in [2.75, 3.05) is 31.1 Å². The zero-order valence-electron chi connectivity index (χ0n) is 16.5. The highest BCUT2D eigenvalue weighted by molar-refractivity contribution is 5.97. The number of hydrogen-bond acceptors (Lipinski definition) is 3. The molecule has 1 saturated heterocycles. The summed E-state index contributed by atoms with van der Waals surface area (Å²) >= 11 is 0. The van der Waals surface area contributed by atoms with Crippen molar-refractivity contribution in [3.63, 3.8) is 0 Å².